The van der Waals surface area contributed by atoms with Crippen LogP contribution in [0.5, 0.6) is 5.75 Å². The lowest BCUT2D eigenvalue weighted by Crippen LogP contribution is -2.47. The van der Waals surface area contributed by atoms with Crippen LogP contribution in [0.1, 0.15) is 13.3 Å². The number of hydrogen-bond acceptors (Lipinski definition) is 6. The monoisotopic (exact) mass is 392 g/mol. The van der Waals surface area contributed by atoms with E-state index >= 15 is 0 Å². The summed E-state index contributed by atoms with van der Waals surface area (Å²) in [4.78, 5) is 30.4. The number of para-hydroxylation sites is 1. The molecule has 7 nitrogen and oxygen atoms in total. The molecular formula is C20H29FN4O3. The number of likely N-dealkylation sites (N-methyl/N-ethyl adjacent to an activating group) is 1. The molecule has 2 fully saturated rings. The van der Waals surface area contributed by atoms with Crippen molar-refractivity contribution in [3.63, 3.8) is 0 Å². The lowest BCUT2D eigenvalue weighted by atomic mass is 10.1. The number of ether oxygens (including phenoxy) is 1. The van der Waals surface area contributed by atoms with E-state index in [0.29, 0.717) is 6.54 Å². The summed E-state index contributed by atoms with van der Waals surface area (Å²) in [6.45, 7) is 6.32. The van der Waals surface area contributed by atoms with Crippen LogP contribution in [0.25, 0.3) is 0 Å². The Hall–Kier alpha value is -2.19. The Balaban J connectivity index is 1.47. The van der Waals surface area contributed by atoms with Gasteiger partial charge in [-0.15, -0.1) is 0 Å². The van der Waals surface area contributed by atoms with E-state index in [-0.39, 0.29) is 29.3 Å². The van der Waals surface area contributed by atoms with Crippen molar-refractivity contribution in [1.82, 2.24) is 15.1 Å². The van der Waals surface area contributed by atoms with Gasteiger partial charge in [0, 0.05) is 32.7 Å². The van der Waals surface area contributed by atoms with Crippen LogP contribution in [-0.2, 0) is 9.59 Å². The highest BCUT2D eigenvalue weighted by atomic mass is 19.1. The number of rotatable bonds is 7. The normalized spacial score (nSPS) is 23.6. The van der Waals surface area contributed by atoms with Crippen LogP contribution in [0.3, 0.4) is 0 Å². The second-order valence-electron chi connectivity index (χ2n) is 7.36. The number of likely N-dealkylation sites (tertiary alicyclic amines) is 1. The van der Waals surface area contributed by atoms with Gasteiger partial charge in [-0.05, 0) is 32.1 Å². The molecule has 0 aromatic heterocycles. The number of hydrogen-bond donors (Lipinski definition) is 1. The van der Waals surface area contributed by atoms with Gasteiger partial charge in [-0.3, -0.25) is 19.4 Å². The zero-order valence-electron chi connectivity index (χ0n) is 16.8. The molecule has 0 saturated carbocycles. The molecule has 8 heteroatoms. The first kappa shape index (κ1) is 20.5. The van der Waals surface area contributed by atoms with Gasteiger partial charge in [0.1, 0.15) is 0 Å². The summed E-state index contributed by atoms with van der Waals surface area (Å²) in [5, 5.41) is 2.93. The second kappa shape index (κ2) is 8.87. The molecule has 1 N–H and O–H groups in total. The third-order valence-corrected chi connectivity index (χ3v) is 5.72. The zero-order chi connectivity index (χ0) is 20.3. The molecule has 2 saturated heterocycles. The third kappa shape index (κ3) is 3.98. The van der Waals surface area contributed by atoms with Crippen LogP contribution >= 0.6 is 0 Å². The highest BCUT2D eigenvalue weighted by Crippen LogP contribution is 2.31. The molecule has 0 spiro atoms. The quantitative estimate of drug-likeness (QED) is 0.697. The number of halogens is 1. The lowest BCUT2D eigenvalue weighted by Gasteiger charge is -2.36. The van der Waals surface area contributed by atoms with Crippen LogP contribution in [-0.4, -0.2) is 81.1 Å². The number of amides is 2. The topological polar surface area (TPSA) is 65.1 Å². The van der Waals surface area contributed by atoms with Gasteiger partial charge in [0.25, 0.3) is 0 Å². The van der Waals surface area contributed by atoms with Crippen molar-refractivity contribution in [2.24, 2.45) is 5.92 Å². The van der Waals surface area contributed by atoms with E-state index in [9.17, 15) is 14.0 Å². The number of methoxy groups -OCH3 is 1. The Morgan fingerprint density at radius 3 is 2.46 bits per heavy atom. The van der Waals surface area contributed by atoms with Gasteiger partial charge in [-0.25, -0.2) is 4.39 Å². The fraction of sp³-hybridized carbons (Fsp3) is 0.600. The number of imide groups is 1. The van der Waals surface area contributed by atoms with Crippen LogP contribution in [0, 0.1) is 11.7 Å². The fourth-order valence-corrected chi connectivity index (χ4v) is 4.09. The standard InChI is InChI=1S/C20H29FN4O3/c1-14-17(22-2)20(27)25(19(14)26)9-5-8-23-10-12-24(13-11-23)16-7-4-6-15(21)18(16)28-3/h4,6-7,14,17,22H,5,8-13H2,1-3H3. The minimum atomic E-state index is -0.405. The zero-order valence-corrected chi connectivity index (χ0v) is 16.8. The first-order chi connectivity index (χ1) is 13.5. The first-order valence-corrected chi connectivity index (χ1v) is 9.80. The third-order valence-electron chi connectivity index (χ3n) is 5.72. The summed E-state index contributed by atoms with van der Waals surface area (Å²) in [7, 11) is 3.20. The van der Waals surface area contributed by atoms with Gasteiger partial charge >= 0.3 is 0 Å². The van der Waals surface area contributed by atoms with Gasteiger partial charge in [0.2, 0.25) is 11.8 Å². The molecule has 1 aromatic carbocycles. The number of piperazine rings is 1. The first-order valence-electron chi connectivity index (χ1n) is 9.80. The van der Waals surface area contributed by atoms with Crippen molar-refractivity contribution in [3.05, 3.63) is 24.0 Å². The number of nitrogens with zero attached hydrogens (tertiary/aromatic N) is 3. The molecule has 154 valence electrons. The van der Waals surface area contributed by atoms with Gasteiger partial charge in [-0.1, -0.05) is 13.0 Å². The fourth-order valence-electron chi connectivity index (χ4n) is 4.09. The van der Waals surface area contributed by atoms with Crippen LogP contribution < -0.4 is 15.0 Å². The Morgan fingerprint density at radius 2 is 1.86 bits per heavy atom. The van der Waals surface area contributed by atoms with Crippen LogP contribution in [0.4, 0.5) is 10.1 Å². The smallest absolute Gasteiger partial charge is 0.247 e. The van der Waals surface area contributed by atoms with Gasteiger partial charge < -0.3 is 15.0 Å². The molecule has 2 unspecified atom stereocenters. The van der Waals surface area contributed by atoms with Crippen LogP contribution in [0.15, 0.2) is 18.2 Å². The number of benzene rings is 1. The molecule has 3 rings (SSSR count). The average molecular weight is 392 g/mol. The van der Waals surface area contributed by atoms with E-state index in [1.165, 1.54) is 18.1 Å². The molecule has 1 aromatic rings. The predicted molar refractivity (Wildman–Crippen MR) is 105 cm³/mol. The Bertz CT molecular complexity index is 721. The summed E-state index contributed by atoms with van der Waals surface area (Å²) in [5.41, 5.74) is 0.780. The highest BCUT2D eigenvalue weighted by molar-refractivity contribution is 6.06. The minimum Gasteiger partial charge on any atom is -0.492 e. The Morgan fingerprint density at radius 1 is 1.14 bits per heavy atom. The Labute approximate surface area is 165 Å². The van der Waals surface area contributed by atoms with Gasteiger partial charge in [0.05, 0.1) is 24.8 Å². The van der Waals surface area contributed by atoms with E-state index < -0.39 is 6.04 Å². The molecule has 2 aliphatic heterocycles. The predicted octanol–water partition coefficient (Wildman–Crippen LogP) is 0.939. The summed E-state index contributed by atoms with van der Waals surface area (Å²) < 4.78 is 19.1. The lowest BCUT2D eigenvalue weighted by molar-refractivity contribution is -0.139. The number of carbonyl (C=O) groups excluding carboxylic acids is 2. The van der Waals surface area contributed by atoms with Crippen molar-refractivity contribution in [3.8, 4) is 5.75 Å². The summed E-state index contributed by atoms with van der Waals surface area (Å²) in [5.74, 6) is -0.579. The number of anilines is 1. The van der Waals surface area contributed by atoms with Crippen molar-refractivity contribution in [2.75, 3.05) is 58.3 Å². The van der Waals surface area contributed by atoms with Crippen molar-refractivity contribution < 1.29 is 18.7 Å². The SMILES string of the molecule is CNC1C(=O)N(CCCN2CCN(c3cccc(F)c3OC)CC2)C(=O)C1C. The molecule has 2 amide bonds. The molecular weight excluding hydrogens is 363 g/mol. The summed E-state index contributed by atoms with van der Waals surface area (Å²) in [6, 6.07) is 4.57. The van der Waals surface area contributed by atoms with Gasteiger partial charge in [-0.2, -0.15) is 0 Å². The van der Waals surface area contributed by atoms with E-state index in [2.05, 4.69) is 15.1 Å². The average Bonchev–Trinajstić information content (AvgIpc) is 2.91. The summed E-state index contributed by atoms with van der Waals surface area (Å²) in [6.07, 6.45) is 0.754. The van der Waals surface area contributed by atoms with E-state index in [1.807, 2.05) is 6.07 Å². The molecule has 2 aliphatic rings. The van der Waals surface area contributed by atoms with Crippen molar-refractivity contribution >= 4 is 17.5 Å². The van der Waals surface area contributed by atoms with E-state index in [4.69, 9.17) is 4.74 Å². The molecule has 2 heterocycles. The van der Waals surface area contributed by atoms with Crippen molar-refractivity contribution in [2.45, 2.75) is 19.4 Å². The Kier molecular flexibility index (Phi) is 6.51. The molecule has 0 radical (unpaired) electrons. The second-order valence-corrected chi connectivity index (χ2v) is 7.36. The molecule has 0 aliphatic carbocycles. The minimum absolute atomic E-state index is 0.0904. The summed E-state index contributed by atoms with van der Waals surface area (Å²) >= 11 is 0. The van der Waals surface area contributed by atoms with E-state index in [0.717, 1.165) is 44.8 Å². The van der Waals surface area contributed by atoms with Gasteiger partial charge in [0.15, 0.2) is 11.6 Å². The molecule has 0 bridgehead atoms. The largest absolute Gasteiger partial charge is 0.492 e. The molecule has 2 atom stereocenters. The van der Waals surface area contributed by atoms with Crippen LogP contribution in [0.2, 0.25) is 0 Å². The maximum Gasteiger partial charge on any atom is 0.247 e. The number of nitrogens with one attached hydrogen (secondary N) is 1. The number of carbonyl (C=O) groups is 2. The van der Waals surface area contributed by atoms with Crippen molar-refractivity contribution in [1.29, 1.82) is 0 Å². The molecule has 28 heavy (non-hydrogen) atoms. The maximum atomic E-state index is 13.9. The highest BCUT2D eigenvalue weighted by Gasteiger charge is 2.43. The van der Waals surface area contributed by atoms with E-state index in [1.54, 1.807) is 20.0 Å². The maximum absolute atomic E-state index is 13.9.